The first-order chi connectivity index (χ1) is 9.01. The van der Waals surface area contributed by atoms with E-state index in [9.17, 15) is 5.11 Å². The van der Waals surface area contributed by atoms with Gasteiger partial charge in [-0.15, -0.1) is 11.3 Å². The van der Waals surface area contributed by atoms with Crippen molar-refractivity contribution in [2.45, 2.75) is 26.2 Å². The molecule has 0 amide bonds. The van der Waals surface area contributed by atoms with Gasteiger partial charge in [-0.25, -0.2) is 4.98 Å². The Morgan fingerprint density at radius 2 is 2.16 bits per heavy atom. The first-order valence-electron chi connectivity index (χ1n) is 6.12. The van der Waals surface area contributed by atoms with Crippen LogP contribution >= 0.6 is 22.9 Å². The SMILES string of the molecule is Cc1nc(C(CN)Cc2ccc(O)c(Cl)c2)sc1C. The molecule has 0 spiro atoms. The van der Waals surface area contributed by atoms with Crippen LogP contribution in [0, 0.1) is 13.8 Å². The summed E-state index contributed by atoms with van der Waals surface area (Å²) in [5.74, 6) is 0.300. The molecule has 0 aliphatic rings. The van der Waals surface area contributed by atoms with Crippen molar-refractivity contribution in [1.29, 1.82) is 0 Å². The summed E-state index contributed by atoms with van der Waals surface area (Å²) in [6.45, 7) is 4.63. The summed E-state index contributed by atoms with van der Waals surface area (Å²) in [7, 11) is 0. The monoisotopic (exact) mass is 296 g/mol. The number of nitrogens with zero attached hydrogens (tertiary/aromatic N) is 1. The molecule has 0 aliphatic carbocycles. The van der Waals surface area contributed by atoms with Gasteiger partial charge in [0.25, 0.3) is 0 Å². The van der Waals surface area contributed by atoms with Gasteiger partial charge in [0, 0.05) is 17.3 Å². The summed E-state index contributed by atoms with van der Waals surface area (Å²) >= 11 is 7.62. The Balaban J connectivity index is 2.21. The Morgan fingerprint density at radius 1 is 1.42 bits per heavy atom. The van der Waals surface area contributed by atoms with Crippen molar-refractivity contribution >= 4 is 22.9 Å². The van der Waals surface area contributed by atoms with Crippen LogP contribution in [0.5, 0.6) is 5.75 Å². The number of phenolic OH excluding ortho intramolecular Hbond substituents is 1. The van der Waals surface area contributed by atoms with E-state index in [0.29, 0.717) is 11.6 Å². The molecule has 2 aromatic rings. The van der Waals surface area contributed by atoms with Crippen LogP contribution in [0.4, 0.5) is 0 Å². The highest BCUT2D eigenvalue weighted by atomic mass is 35.5. The third kappa shape index (κ3) is 3.26. The predicted molar refractivity (Wildman–Crippen MR) is 80.2 cm³/mol. The maximum atomic E-state index is 9.42. The molecule has 1 atom stereocenters. The number of hydrogen-bond donors (Lipinski definition) is 2. The zero-order chi connectivity index (χ0) is 14.0. The molecule has 0 saturated heterocycles. The van der Waals surface area contributed by atoms with Gasteiger partial charge in [-0.05, 0) is 38.0 Å². The second-order valence-corrected chi connectivity index (χ2v) is 6.26. The molecule has 102 valence electrons. The van der Waals surface area contributed by atoms with Crippen LogP contribution in [0.15, 0.2) is 18.2 Å². The summed E-state index contributed by atoms with van der Waals surface area (Å²) in [5.41, 5.74) is 7.99. The summed E-state index contributed by atoms with van der Waals surface area (Å²) in [6, 6.07) is 5.27. The average Bonchev–Trinajstić information content (AvgIpc) is 2.71. The Morgan fingerprint density at radius 3 is 2.68 bits per heavy atom. The van der Waals surface area contributed by atoms with E-state index in [4.69, 9.17) is 17.3 Å². The quantitative estimate of drug-likeness (QED) is 0.909. The van der Waals surface area contributed by atoms with Crippen LogP contribution in [-0.2, 0) is 6.42 Å². The molecule has 0 bridgehead atoms. The van der Waals surface area contributed by atoms with Crippen molar-refractivity contribution in [3.8, 4) is 5.75 Å². The lowest BCUT2D eigenvalue weighted by Gasteiger charge is -2.12. The summed E-state index contributed by atoms with van der Waals surface area (Å²) < 4.78 is 0. The Bertz CT molecular complexity index is 563. The molecule has 1 heterocycles. The fraction of sp³-hybridized carbons (Fsp3) is 0.357. The molecule has 0 saturated carbocycles. The first-order valence-corrected chi connectivity index (χ1v) is 7.32. The van der Waals surface area contributed by atoms with Crippen molar-refractivity contribution < 1.29 is 5.11 Å². The zero-order valence-electron chi connectivity index (χ0n) is 11.0. The average molecular weight is 297 g/mol. The lowest BCUT2D eigenvalue weighted by Crippen LogP contribution is -2.15. The Kier molecular flexibility index (Phi) is 4.45. The van der Waals surface area contributed by atoms with Crippen molar-refractivity contribution in [3.05, 3.63) is 44.4 Å². The lowest BCUT2D eigenvalue weighted by molar-refractivity contribution is 0.475. The number of aromatic hydroxyl groups is 1. The molecule has 3 N–H and O–H groups in total. The van der Waals surface area contributed by atoms with Crippen LogP contribution in [-0.4, -0.2) is 16.6 Å². The number of thiazole rings is 1. The van der Waals surface area contributed by atoms with E-state index in [1.54, 1.807) is 23.5 Å². The molecule has 3 nitrogen and oxygen atoms in total. The van der Waals surface area contributed by atoms with Crippen molar-refractivity contribution in [1.82, 2.24) is 4.98 Å². The van der Waals surface area contributed by atoms with E-state index in [1.165, 1.54) is 4.88 Å². The Labute approximate surface area is 122 Å². The number of aryl methyl sites for hydroxylation is 2. The van der Waals surface area contributed by atoms with Gasteiger partial charge in [0.15, 0.2) is 0 Å². The fourth-order valence-electron chi connectivity index (χ4n) is 1.91. The minimum atomic E-state index is 0.107. The van der Waals surface area contributed by atoms with Crippen LogP contribution in [0.1, 0.15) is 27.1 Å². The van der Waals surface area contributed by atoms with Crippen molar-refractivity contribution in [2.75, 3.05) is 6.54 Å². The third-order valence-electron chi connectivity index (χ3n) is 3.17. The Hall–Kier alpha value is -1.10. The number of benzene rings is 1. The minimum absolute atomic E-state index is 0.107. The van der Waals surface area contributed by atoms with E-state index >= 15 is 0 Å². The normalized spacial score (nSPS) is 12.6. The summed E-state index contributed by atoms with van der Waals surface area (Å²) in [6.07, 6.45) is 0.781. The number of phenols is 1. The molecule has 1 aromatic carbocycles. The van der Waals surface area contributed by atoms with E-state index < -0.39 is 0 Å². The van der Waals surface area contributed by atoms with E-state index in [2.05, 4.69) is 11.9 Å². The lowest BCUT2D eigenvalue weighted by atomic mass is 10.00. The summed E-state index contributed by atoms with van der Waals surface area (Å²) in [4.78, 5) is 5.81. The topological polar surface area (TPSA) is 59.1 Å². The number of nitrogens with two attached hydrogens (primary N) is 1. The molecule has 19 heavy (non-hydrogen) atoms. The largest absolute Gasteiger partial charge is 0.506 e. The molecule has 1 unspecified atom stereocenters. The van der Waals surface area contributed by atoms with Crippen LogP contribution in [0.2, 0.25) is 5.02 Å². The van der Waals surface area contributed by atoms with Gasteiger partial charge in [-0.2, -0.15) is 0 Å². The number of rotatable bonds is 4. The number of aromatic nitrogens is 1. The van der Waals surface area contributed by atoms with E-state index in [1.807, 2.05) is 13.0 Å². The maximum absolute atomic E-state index is 9.42. The van der Waals surface area contributed by atoms with Gasteiger partial charge >= 0.3 is 0 Å². The van der Waals surface area contributed by atoms with Gasteiger partial charge in [0.05, 0.1) is 15.7 Å². The van der Waals surface area contributed by atoms with Crippen molar-refractivity contribution in [2.24, 2.45) is 5.73 Å². The van der Waals surface area contributed by atoms with Crippen LogP contribution in [0.3, 0.4) is 0 Å². The smallest absolute Gasteiger partial charge is 0.134 e. The highest BCUT2D eigenvalue weighted by Gasteiger charge is 2.16. The van der Waals surface area contributed by atoms with E-state index in [0.717, 1.165) is 22.7 Å². The van der Waals surface area contributed by atoms with Gasteiger partial charge in [-0.1, -0.05) is 17.7 Å². The van der Waals surface area contributed by atoms with Crippen molar-refractivity contribution in [3.63, 3.8) is 0 Å². The third-order valence-corrected chi connectivity index (χ3v) is 4.71. The van der Waals surface area contributed by atoms with Gasteiger partial charge in [0.2, 0.25) is 0 Å². The molecule has 2 rings (SSSR count). The zero-order valence-corrected chi connectivity index (χ0v) is 12.6. The molecule has 1 aromatic heterocycles. The molecule has 0 aliphatic heterocycles. The van der Waals surface area contributed by atoms with Gasteiger partial charge in [-0.3, -0.25) is 0 Å². The van der Waals surface area contributed by atoms with E-state index in [-0.39, 0.29) is 11.7 Å². The molecular formula is C14H17ClN2OS. The fourth-order valence-corrected chi connectivity index (χ4v) is 3.14. The maximum Gasteiger partial charge on any atom is 0.134 e. The number of halogens is 1. The summed E-state index contributed by atoms with van der Waals surface area (Å²) in [5, 5.41) is 10.9. The van der Waals surface area contributed by atoms with Gasteiger partial charge < -0.3 is 10.8 Å². The highest BCUT2D eigenvalue weighted by Crippen LogP contribution is 2.29. The van der Waals surface area contributed by atoms with Crippen LogP contribution in [0.25, 0.3) is 0 Å². The second-order valence-electron chi connectivity index (χ2n) is 4.62. The molecule has 0 radical (unpaired) electrons. The van der Waals surface area contributed by atoms with Crippen LogP contribution < -0.4 is 5.73 Å². The second kappa shape index (κ2) is 5.90. The molecular weight excluding hydrogens is 280 g/mol. The first kappa shape index (κ1) is 14.3. The predicted octanol–water partition coefficient (Wildman–Crippen LogP) is 3.40. The molecule has 0 fully saturated rings. The molecule has 5 heteroatoms. The van der Waals surface area contributed by atoms with Gasteiger partial charge in [0.1, 0.15) is 5.75 Å². The highest BCUT2D eigenvalue weighted by molar-refractivity contribution is 7.11. The standard InChI is InChI=1S/C14H17ClN2OS/c1-8-9(2)19-14(17-8)11(7-16)5-10-3-4-13(18)12(15)6-10/h3-4,6,11,18H,5,7,16H2,1-2H3. The minimum Gasteiger partial charge on any atom is -0.506 e. The number of hydrogen-bond acceptors (Lipinski definition) is 4.